The van der Waals surface area contributed by atoms with Gasteiger partial charge in [-0.15, -0.1) is 0 Å². The molecule has 3 N–H and O–H groups in total. The first kappa shape index (κ1) is 9.93. The van der Waals surface area contributed by atoms with Gasteiger partial charge in [-0.05, 0) is 19.4 Å². The number of rotatable bonds is 2. The zero-order valence-electron chi connectivity index (χ0n) is 9.04. The molecule has 3 nitrogen and oxygen atoms in total. The Hall–Kier alpha value is -1.61. The highest BCUT2D eigenvalue weighted by atomic mass is 15.1. The van der Waals surface area contributed by atoms with E-state index >= 15 is 0 Å². The molecule has 15 heavy (non-hydrogen) atoms. The summed E-state index contributed by atoms with van der Waals surface area (Å²) in [5, 5.41) is 7.03. The van der Waals surface area contributed by atoms with Crippen molar-refractivity contribution in [2.24, 2.45) is 5.73 Å². The summed E-state index contributed by atoms with van der Waals surface area (Å²) in [5.41, 5.74) is 11.4. The van der Waals surface area contributed by atoms with Crippen LogP contribution in [0.1, 0.15) is 16.7 Å². The lowest BCUT2D eigenvalue weighted by Crippen LogP contribution is -1.97. The lowest BCUT2D eigenvalue weighted by atomic mass is 10.0. The van der Waals surface area contributed by atoms with Crippen LogP contribution in [0.4, 0.5) is 0 Å². The van der Waals surface area contributed by atoms with Gasteiger partial charge in [0.15, 0.2) is 0 Å². The van der Waals surface area contributed by atoms with Crippen molar-refractivity contribution in [3.05, 3.63) is 41.1 Å². The monoisotopic (exact) mass is 201 g/mol. The molecule has 3 heteroatoms. The van der Waals surface area contributed by atoms with Crippen molar-refractivity contribution in [3.8, 4) is 11.3 Å². The number of hydrogen-bond acceptors (Lipinski definition) is 2. The molecule has 2 rings (SSSR count). The molecule has 0 amide bonds. The molecule has 0 radical (unpaired) electrons. The van der Waals surface area contributed by atoms with Crippen molar-refractivity contribution in [1.82, 2.24) is 10.2 Å². The molecule has 0 atom stereocenters. The van der Waals surface area contributed by atoms with Gasteiger partial charge in [-0.25, -0.2) is 0 Å². The number of nitrogens with zero attached hydrogens (tertiary/aromatic N) is 1. The Morgan fingerprint density at radius 3 is 2.80 bits per heavy atom. The molecule has 0 unspecified atom stereocenters. The van der Waals surface area contributed by atoms with Gasteiger partial charge in [-0.2, -0.15) is 5.10 Å². The number of hydrogen-bond donors (Lipinski definition) is 2. The van der Waals surface area contributed by atoms with Crippen LogP contribution >= 0.6 is 0 Å². The first-order chi connectivity index (χ1) is 7.22. The largest absolute Gasteiger partial charge is 0.326 e. The first-order valence-corrected chi connectivity index (χ1v) is 5.02. The van der Waals surface area contributed by atoms with E-state index in [2.05, 4.69) is 42.2 Å². The fraction of sp³-hybridized carbons (Fsp3) is 0.250. The van der Waals surface area contributed by atoms with E-state index in [0.29, 0.717) is 6.54 Å². The van der Waals surface area contributed by atoms with E-state index < -0.39 is 0 Å². The smallest absolute Gasteiger partial charge is 0.0697 e. The van der Waals surface area contributed by atoms with Gasteiger partial charge < -0.3 is 5.73 Å². The normalized spacial score (nSPS) is 10.6. The fourth-order valence-corrected chi connectivity index (χ4v) is 1.79. The minimum absolute atomic E-state index is 0.513. The van der Waals surface area contributed by atoms with E-state index in [1.54, 1.807) is 6.20 Å². The third-order valence-corrected chi connectivity index (χ3v) is 2.59. The fourth-order valence-electron chi connectivity index (χ4n) is 1.79. The summed E-state index contributed by atoms with van der Waals surface area (Å²) in [6, 6.07) is 6.37. The van der Waals surface area contributed by atoms with Gasteiger partial charge in [0.2, 0.25) is 0 Å². The van der Waals surface area contributed by atoms with Gasteiger partial charge in [0.05, 0.1) is 11.9 Å². The summed E-state index contributed by atoms with van der Waals surface area (Å²) in [5.74, 6) is 0. The van der Waals surface area contributed by atoms with Crippen LogP contribution < -0.4 is 5.73 Å². The van der Waals surface area contributed by atoms with E-state index in [1.807, 2.05) is 0 Å². The lowest BCUT2D eigenvalue weighted by Gasteiger charge is -2.06. The van der Waals surface area contributed by atoms with E-state index in [9.17, 15) is 0 Å². The molecule has 1 aromatic heterocycles. The number of H-pyrrole nitrogens is 1. The van der Waals surface area contributed by atoms with E-state index in [0.717, 1.165) is 11.3 Å². The van der Waals surface area contributed by atoms with Crippen molar-refractivity contribution in [2.75, 3.05) is 0 Å². The Bertz CT molecular complexity index is 471. The summed E-state index contributed by atoms with van der Waals surface area (Å²) in [6.45, 7) is 4.70. The van der Waals surface area contributed by atoms with Crippen molar-refractivity contribution in [3.63, 3.8) is 0 Å². The van der Waals surface area contributed by atoms with Gasteiger partial charge in [-0.1, -0.05) is 23.8 Å². The van der Waals surface area contributed by atoms with Gasteiger partial charge >= 0.3 is 0 Å². The standard InChI is InChI=1S/C12H15N3/c1-8-3-4-11(9(2)5-8)12-10(6-13)7-14-15-12/h3-5,7H,6,13H2,1-2H3,(H,14,15). The van der Waals surface area contributed by atoms with Crippen molar-refractivity contribution >= 4 is 0 Å². The maximum atomic E-state index is 5.65. The van der Waals surface area contributed by atoms with Gasteiger partial charge in [0.1, 0.15) is 0 Å². The maximum Gasteiger partial charge on any atom is 0.0697 e. The summed E-state index contributed by atoms with van der Waals surface area (Å²) >= 11 is 0. The van der Waals surface area contributed by atoms with E-state index in [-0.39, 0.29) is 0 Å². The first-order valence-electron chi connectivity index (χ1n) is 5.02. The summed E-state index contributed by atoms with van der Waals surface area (Å²) < 4.78 is 0. The van der Waals surface area contributed by atoms with Gasteiger partial charge in [0, 0.05) is 17.7 Å². The van der Waals surface area contributed by atoms with E-state index in [4.69, 9.17) is 5.73 Å². The van der Waals surface area contributed by atoms with Gasteiger partial charge in [-0.3, -0.25) is 5.10 Å². The molecule has 0 aliphatic heterocycles. The second kappa shape index (κ2) is 3.87. The number of benzene rings is 1. The molecule has 0 aliphatic carbocycles. The van der Waals surface area contributed by atoms with Crippen LogP contribution in [0.5, 0.6) is 0 Å². The molecule has 0 spiro atoms. The Balaban J connectivity index is 2.54. The average molecular weight is 201 g/mol. The van der Waals surface area contributed by atoms with Crippen LogP contribution in [0.25, 0.3) is 11.3 Å². The highest BCUT2D eigenvalue weighted by Crippen LogP contribution is 2.24. The SMILES string of the molecule is Cc1ccc(-c2[nH]ncc2CN)c(C)c1. The van der Waals surface area contributed by atoms with Crippen LogP contribution in [0, 0.1) is 13.8 Å². The minimum atomic E-state index is 0.513. The molecule has 0 bridgehead atoms. The predicted molar refractivity (Wildman–Crippen MR) is 61.4 cm³/mol. The molecule has 0 aliphatic rings. The Morgan fingerprint density at radius 2 is 2.13 bits per heavy atom. The Labute approximate surface area is 89.3 Å². The van der Waals surface area contributed by atoms with Crippen molar-refractivity contribution in [1.29, 1.82) is 0 Å². The number of aromatic nitrogens is 2. The second-order valence-electron chi connectivity index (χ2n) is 3.79. The summed E-state index contributed by atoms with van der Waals surface area (Å²) in [6.07, 6.45) is 1.79. The molecule has 2 aromatic rings. The molecule has 0 saturated carbocycles. The zero-order valence-corrected chi connectivity index (χ0v) is 9.04. The number of aryl methyl sites for hydroxylation is 2. The molecule has 0 saturated heterocycles. The maximum absolute atomic E-state index is 5.65. The Kier molecular flexibility index (Phi) is 2.56. The summed E-state index contributed by atoms with van der Waals surface area (Å²) in [7, 11) is 0. The summed E-state index contributed by atoms with van der Waals surface area (Å²) in [4.78, 5) is 0. The topological polar surface area (TPSA) is 54.7 Å². The van der Waals surface area contributed by atoms with Crippen LogP contribution in [-0.2, 0) is 6.54 Å². The molecular formula is C12H15N3. The van der Waals surface area contributed by atoms with Crippen molar-refractivity contribution < 1.29 is 0 Å². The highest BCUT2D eigenvalue weighted by Gasteiger charge is 2.08. The zero-order chi connectivity index (χ0) is 10.8. The van der Waals surface area contributed by atoms with Crippen LogP contribution in [0.15, 0.2) is 24.4 Å². The van der Waals surface area contributed by atoms with Gasteiger partial charge in [0.25, 0.3) is 0 Å². The molecular weight excluding hydrogens is 186 g/mol. The second-order valence-corrected chi connectivity index (χ2v) is 3.79. The number of aromatic amines is 1. The third-order valence-electron chi connectivity index (χ3n) is 2.59. The average Bonchev–Trinajstić information content (AvgIpc) is 2.65. The number of nitrogens with two attached hydrogens (primary N) is 1. The quantitative estimate of drug-likeness (QED) is 0.782. The number of nitrogens with one attached hydrogen (secondary N) is 1. The molecule has 1 aromatic carbocycles. The third kappa shape index (κ3) is 1.78. The Morgan fingerprint density at radius 1 is 1.33 bits per heavy atom. The highest BCUT2D eigenvalue weighted by molar-refractivity contribution is 5.66. The van der Waals surface area contributed by atoms with Crippen LogP contribution in [0.2, 0.25) is 0 Å². The molecule has 1 heterocycles. The molecule has 0 fully saturated rings. The predicted octanol–water partition coefficient (Wildman–Crippen LogP) is 2.15. The minimum Gasteiger partial charge on any atom is -0.326 e. The van der Waals surface area contributed by atoms with Crippen LogP contribution in [0.3, 0.4) is 0 Å². The molecule has 78 valence electrons. The van der Waals surface area contributed by atoms with Crippen LogP contribution in [-0.4, -0.2) is 10.2 Å². The van der Waals surface area contributed by atoms with E-state index in [1.165, 1.54) is 16.7 Å². The van der Waals surface area contributed by atoms with Crippen molar-refractivity contribution in [2.45, 2.75) is 20.4 Å². The lowest BCUT2D eigenvalue weighted by molar-refractivity contribution is 1.08.